The number of benzene rings is 1. The van der Waals surface area contributed by atoms with Gasteiger partial charge in [0.2, 0.25) is 0 Å². The number of aromatic nitrogens is 2. The van der Waals surface area contributed by atoms with Crippen LogP contribution in [0.2, 0.25) is 0 Å². The molecule has 0 amide bonds. The van der Waals surface area contributed by atoms with Crippen LogP contribution in [-0.2, 0) is 6.42 Å². The molecular formula is C15H18BrN3. The van der Waals surface area contributed by atoms with Crippen molar-refractivity contribution in [3.63, 3.8) is 0 Å². The highest BCUT2D eigenvalue weighted by Gasteiger charge is 2.11. The first-order chi connectivity index (χ1) is 9.26. The summed E-state index contributed by atoms with van der Waals surface area (Å²) in [6, 6.07) is 8.22. The molecule has 0 aliphatic heterocycles. The van der Waals surface area contributed by atoms with Crippen LogP contribution in [0.15, 0.2) is 35.1 Å². The van der Waals surface area contributed by atoms with Crippen molar-refractivity contribution < 1.29 is 0 Å². The molecule has 1 aromatic heterocycles. The van der Waals surface area contributed by atoms with Gasteiger partial charge in [-0.1, -0.05) is 41.9 Å². The van der Waals surface area contributed by atoms with Gasteiger partial charge >= 0.3 is 0 Å². The van der Waals surface area contributed by atoms with Gasteiger partial charge in [0.15, 0.2) is 0 Å². The predicted octanol–water partition coefficient (Wildman–Crippen LogP) is 4.29. The fourth-order valence-electron chi connectivity index (χ4n) is 2.03. The van der Waals surface area contributed by atoms with Crippen molar-refractivity contribution in [2.24, 2.45) is 0 Å². The van der Waals surface area contributed by atoms with E-state index in [-0.39, 0.29) is 0 Å². The monoisotopic (exact) mass is 319 g/mol. The first-order valence-electron chi connectivity index (χ1n) is 6.60. The van der Waals surface area contributed by atoms with Crippen molar-refractivity contribution in [1.82, 2.24) is 9.97 Å². The van der Waals surface area contributed by atoms with E-state index in [0.29, 0.717) is 0 Å². The van der Waals surface area contributed by atoms with Crippen LogP contribution in [0.25, 0.3) is 11.3 Å². The number of hydrogen-bond donors (Lipinski definition) is 1. The maximum atomic E-state index is 4.46. The Labute approximate surface area is 122 Å². The molecule has 1 N–H and O–H groups in total. The lowest BCUT2D eigenvalue weighted by molar-refractivity contribution is 0.949. The summed E-state index contributed by atoms with van der Waals surface area (Å²) in [6.07, 6.45) is 3.63. The third-order valence-electron chi connectivity index (χ3n) is 2.94. The van der Waals surface area contributed by atoms with Gasteiger partial charge < -0.3 is 5.32 Å². The van der Waals surface area contributed by atoms with Crippen LogP contribution in [-0.4, -0.2) is 16.5 Å². The standard InChI is InChI=1S/C15H18BrN3/c1-3-8-17-15-13(4-2)14(18-10-19-15)11-6-5-7-12(16)9-11/h5-7,9-10H,3-4,8H2,1-2H3,(H,17,18,19). The molecule has 0 aliphatic carbocycles. The minimum atomic E-state index is 0.911. The van der Waals surface area contributed by atoms with Gasteiger partial charge in [0.05, 0.1) is 5.69 Å². The molecule has 0 aliphatic rings. The molecule has 3 nitrogen and oxygen atoms in total. The molecule has 0 fully saturated rings. The Hall–Kier alpha value is -1.42. The number of nitrogens with zero attached hydrogens (tertiary/aromatic N) is 2. The first kappa shape index (κ1) is 14.0. The first-order valence-corrected chi connectivity index (χ1v) is 7.39. The predicted molar refractivity (Wildman–Crippen MR) is 83.3 cm³/mol. The second-order valence-corrected chi connectivity index (χ2v) is 5.26. The van der Waals surface area contributed by atoms with Gasteiger partial charge in [-0.3, -0.25) is 0 Å². The van der Waals surface area contributed by atoms with Crippen LogP contribution in [0.5, 0.6) is 0 Å². The summed E-state index contributed by atoms with van der Waals surface area (Å²) < 4.78 is 1.06. The van der Waals surface area contributed by atoms with Crippen LogP contribution in [0.3, 0.4) is 0 Å². The van der Waals surface area contributed by atoms with Crippen LogP contribution in [0.4, 0.5) is 5.82 Å². The van der Waals surface area contributed by atoms with Crippen molar-refractivity contribution in [3.05, 3.63) is 40.6 Å². The molecule has 2 aromatic rings. The minimum absolute atomic E-state index is 0.911. The van der Waals surface area contributed by atoms with E-state index in [2.05, 4.69) is 57.2 Å². The van der Waals surface area contributed by atoms with E-state index in [9.17, 15) is 0 Å². The SMILES string of the molecule is CCCNc1ncnc(-c2cccc(Br)c2)c1CC. The number of hydrogen-bond acceptors (Lipinski definition) is 3. The largest absolute Gasteiger partial charge is 0.370 e. The van der Waals surface area contributed by atoms with E-state index in [1.807, 2.05) is 12.1 Å². The van der Waals surface area contributed by atoms with E-state index in [1.54, 1.807) is 6.33 Å². The summed E-state index contributed by atoms with van der Waals surface area (Å²) in [5.41, 5.74) is 3.31. The minimum Gasteiger partial charge on any atom is -0.370 e. The van der Waals surface area contributed by atoms with Crippen molar-refractivity contribution in [1.29, 1.82) is 0 Å². The molecule has 2 rings (SSSR count). The molecule has 0 atom stereocenters. The highest BCUT2D eigenvalue weighted by Crippen LogP contribution is 2.27. The van der Waals surface area contributed by atoms with Gasteiger partial charge in [0.1, 0.15) is 12.1 Å². The van der Waals surface area contributed by atoms with Crippen molar-refractivity contribution in [3.8, 4) is 11.3 Å². The average Bonchev–Trinajstić information content (AvgIpc) is 2.44. The topological polar surface area (TPSA) is 37.8 Å². The Morgan fingerprint density at radius 3 is 2.74 bits per heavy atom. The Bertz CT molecular complexity index is 555. The fraction of sp³-hybridized carbons (Fsp3) is 0.333. The molecule has 0 saturated carbocycles. The van der Waals surface area contributed by atoms with Gasteiger partial charge in [-0.25, -0.2) is 9.97 Å². The Morgan fingerprint density at radius 1 is 1.21 bits per heavy atom. The summed E-state index contributed by atoms with van der Waals surface area (Å²) >= 11 is 3.51. The lowest BCUT2D eigenvalue weighted by Gasteiger charge is -2.13. The number of anilines is 1. The molecule has 1 heterocycles. The molecular weight excluding hydrogens is 302 g/mol. The fourth-order valence-corrected chi connectivity index (χ4v) is 2.43. The molecule has 0 saturated heterocycles. The molecule has 19 heavy (non-hydrogen) atoms. The Kier molecular flexibility index (Phi) is 4.91. The third kappa shape index (κ3) is 3.32. The molecule has 0 radical (unpaired) electrons. The second kappa shape index (κ2) is 6.66. The van der Waals surface area contributed by atoms with E-state index in [1.165, 1.54) is 5.56 Å². The van der Waals surface area contributed by atoms with E-state index in [0.717, 1.165) is 40.9 Å². The second-order valence-electron chi connectivity index (χ2n) is 4.34. The van der Waals surface area contributed by atoms with Crippen LogP contribution < -0.4 is 5.32 Å². The molecule has 0 unspecified atom stereocenters. The maximum Gasteiger partial charge on any atom is 0.133 e. The van der Waals surface area contributed by atoms with Crippen molar-refractivity contribution in [2.45, 2.75) is 26.7 Å². The highest BCUT2D eigenvalue weighted by atomic mass is 79.9. The zero-order valence-corrected chi connectivity index (χ0v) is 12.9. The van der Waals surface area contributed by atoms with Crippen LogP contribution >= 0.6 is 15.9 Å². The zero-order chi connectivity index (χ0) is 13.7. The van der Waals surface area contributed by atoms with E-state index < -0.39 is 0 Å². The summed E-state index contributed by atoms with van der Waals surface area (Å²) in [4.78, 5) is 8.82. The van der Waals surface area contributed by atoms with Gasteiger partial charge in [0, 0.05) is 22.1 Å². The normalized spacial score (nSPS) is 10.5. The lowest BCUT2D eigenvalue weighted by Crippen LogP contribution is -2.07. The lowest BCUT2D eigenvalue weighted by atomic mass is 10.0. The van der Waals surface area contributed by atoms with Crippen LogP contribution in [0.1, 0.15) is 25.8 Å². The number of rotatable bonds is 5. The molecule has 0 bridgehead atoms. The summed E-state index contributed by atoms with van der Waals surface area (Å²) in [7, 11) is 0. The van der Waals surface area contributed by atoms with Crippen LogP contribution in [0, 0.1) is 0 Å². The molecule has 100 valence electrons. The quantitative estimate of drug-likeness (QED) is 0.893. The Balaban J connectivity index is 2.45. The van der Waals surface area contributed by atoms with E-state index in [4.69, 9.17) is 0 Å². The van der Waals surface area contributed by atoms with Gasteiger partial charge in [-0.15, -0.1) is 0 Å². The van der Waals surface area contributed by atoms with Gasteiger partial charge in [0.25, 0.3) is 0 Å². The van der Waals surface area contributed by atoms with Crippen molar-refractivity contribution >= 4 is 21.7 Å². The molecule has 1 aromatic carbocycles. The highest BCUT2D eigenvalue weighted by molar-refractivity contribution is 9.10. The average molecular weight is 320 g/mol. The van der Waals surface area contributed by atoms with Gasteiger partial charge in [-0.2, -0.15) is 0 Å². The number of halogens is 1. The third-order valence-corrected chi connectivity index (χ3v) is 3.43. The summed E-state index contributed by atoms with van der Waals surface area (Å²) in [5, 5.41) is 3.38. The molecule has 0 spiro atoms. The number of nitrogens with one attached hydrogen (secondary N) is 1. The molecule has 4 heteroatoms. The summed E-state index contributed by atoms with van der Waals surface area (Å²) in [6.45, 7) is 5.22. The van der Waals surface area contributed by atoms with Gasteiger partial charge in [-0.05, 0) is 25.0 Å². The maximum absolute atomic E-state index is 4.46. The smallest absolute Gasteiger partial charge is 0.133 e. The van der Waals surface area contributed by atoms with E-state index >= 15 is 0 Å². The zero-order valence-electron chi connectivity index (χ0n) is 11.3. The summed E-state index contributed by atoms with van der Waals surface area (Å²) in [5.74, 6) is 0.953. The Morgan fingerprint density at radius 2 is 2.05 bits per heavy atom. The van der Waals surface area contributed by atoms with Crippen molar-refractivity contribution in [2.75, 3.05) is 11.9 Å².